The second-order valence-corrected chi connectivity index (χ2v) is 6.62. The molecule has 1 aromatic heterocycles. The number of hydrogen-bond donors (Lipinski definition) is 0. The second-order valence-electron chi connectivity index (χ2n) is 5.17. The van der Waals surface area contributed by atoms with E-state index in [9.17, 15) is 13.2 Å². The van der Waals surface area contributed by atoms with Crippen LogP contribution in [0.15, 0.2) is 47.6 Å². The number of hydrogen-bond acceptors (Lipinski definition) is 3. The molecular formula is C16H13ClF3N3S. The number of para-hydroxylation sites is 1. The number of halogens is 4. The van der Waals surface area contributed by atoms with Crippen LogP contribution in [0.2, 0.25) is 5.15 Å². The van der Waals surface area contributed by atoms with Crippen LogP contribution in [0, 0.1) is 0 Å². The average molecular weight is 372 g/mol. The molecule has 3 nitrogen and oxygen atoms in total. The number of alkyl halides is 3. The standard InChI is InChI=1S/C16H13ClF3N3S/c17-14-6-5-11(9-21-14)10-23-7-8-24-15(23)22-13-4-2-1-3-12(13)16(18,19)20/h1-6,9H,7-8,10H2. The Bertz CT molecular complexity index is 747. The number of amidine groups is 1. The van der Waals surface area contributed by atoms with Gasteiger partial charge in [0.1, 0.15) is 5.15 Å². The van der Waals surface area contributed by atoms with Crippen molar-refractivity contribution in [3.05, 3.63) is 58.9 Å². The molecule has 126 valence electrons. The van der Waals surface area contributed by atoms with E-state index in [-0.39, 0.29) is 5.69 Å². The quantitative estimate of drug-likeness (QED) is 0.711. The molecule has 3 rings (SSSR count). The highest BCUT2D eigenvalue weighted by Crippen LogP contribution is 2.37. The fourth-order valence-corrected chi connectivity index (χ4v) is 3.43. The lowest BCUT2D eigenvalue weighted by Gasteiger charge is -2.18. The van der Waals surface area contributed by atoms with Gasteiger partial charge in [-0.15, -0.1) is 0 Å². The van der Waals surface area contributed by atoms with Gasteiger partial charge in [-0.05, 0) is 23.8 Å². The molecule has 0 atom stereocenters. The molecule has 2 heterocycles. The van der Waals surface area contributed by atoms with E-state index in [0.717, 1.165) is 23.9 Å². The second kappa shape index (κ2) is 7.03. The maximum Gasteiger partial charge on any atom is 0.418 e. The minimum Gasteiger partial charge on any atom is -0.346 e. The Hall–Kier alpha value is -1.73. The third kappa shape index (κ3) is 4.02. The van der Waals surface area contributed by atoms with Gasteiger partial charge < -0.3 is 4.90 Å². The predicted octanol–water partition coefficient (Wildman–Crippen LogP) is 4.99. The molecule has 2 aromatic rings. The van der Waals surface area contributed by atoms with E-state index in [1.807, 2.05) is 11.0 Å². The Kier molecular flexibility index (Phi) is 5.01. The summed E-state index contributed by atoms with van der Waals surface area (Å²) in [6, 6.07) is 8.89. The zero-order valence-corrected chi connectivity index (χ0v) is 14.0. The maximum atomic E-state index is 13.1. The summed E-state index contributed by atoms with van der Waals surface area (Å²) in [5, 5.41) is 0.990. The van der Waals surface area contributed by atoms with Crippen molar-refractivity contribution >= 4 is 34.2 Å². The van der Waals surface area contributed by atoms with Crippen molar-refractivity contribution < 1.29 is 13.2 Å². The molecule has 0 N–H and O–H groups in total. The first-order valence-electron chi connectivity index (χ1n) is 7.16. The lowest BCUT2D eigenvalue weighted by Crippen LogP contribution is -2.23. The van der Waals surface area contributed by atoms with Crippen molar-refractivity contribution in [1.82, 2.24) is 9.88 Å². The van der Waals surface area contributed by atoms with Crippen molar-refractivity contribution in [1.29, 1.82) is 0 Å². The van der Waals surface area contributed by atoms with E-state index in [2.05, 4.69) is 9.98 Å². The molecule has 1 aromatic carbocycles. The molecule has 0 spiro atoms. The van der Waals surface area contributed by atoms with E-state index in [1.165, 1.54) is 23.9 Å². The molecule has 8 heteroatoms. The summed E-state index contributed by atoms with van der Waals surface area (Å²) in [6.45, 7) is 1.25. The molecule has 1 saturated heterocycles. The summed E-state index contributed by atoms with van der Waals surface area (Å²) in [5.41, 5.74) is 0.144. The number of nitrogens with zero attached hydrogens (tertiary/aromatic N) is 3. The molecule has 1 fully saturated rings. The van der Waals surface area contributed by atoms with Crippen LogP contribution < -0.4 is 0 Å². The average Bonchev–Trinajstić information content (AvgIpc) is 2.96. The zero-order chi connectivity index (χ0) is 17.2. The van der Waals surface area contributed by atoms with Crippen molar-refractivity contribution in [3.63, 3.8) is 0 Å². The van der Waals surface area contributed by atoms with E-state index < -0.39 is 11.7 Å². The number of benzene rings is 1. The largest absolute Gasteiger partial charge is 0.418 e. The van der Waals surface area contributed by atoms with Gasteiger partial charge in [-0.3, -0.25) is 0 Å². The molecule has 1 aliphatic rings. The first kappa shape index (κ1) is 17.1. The highest BCUT2D eigenvalue weighted by molar-refractivity contribution is 8.14. The fourth-order valence-electron chi connectivity index (χ4n) is 2.32. The lowest BCUT2D eigenvalue weighted by atomic mass is 10.2. The van der Waals surface area contributed by atoms with Gasteiger partial charge in [0.05, 0.1) is 11.3 Å². The van der Waals surface area contributed by atoms with Crippen molar-refractivity contribution in [2.45, 2.75) is 12.7 Å². The number of rotatable bonds is 3. The summed E-state index contributed by atoms with van der Waals surface area (Å²) in [6.07, 6.45) is -2.76. The van der Waals surface area contributed by atoms with Gasteiger partial charge in [0.2, 0.25) is 0 Å². The van der Waals surface area contributed by atoms with E-state index >= 15 is 0 Å². The molecule has 0 unspecified atom stereocenters. The Morgan fingerprint density at radius 3 is 2.71 bits per heavy atom. The minimum atomic E-state index is -4.42. The van der Waals surface area contributed by atoms with Crippen LogP contribution in [-0.2, 0) is 12.7 Å². The molecule has 0 saturated carbocycles. The van der Waals surface area contributed by atoms with Gasteiger partial charge in [-0.1, -0.05) is 41.6 Å². The van der Waals surface area contributed by atoms with Crippen molar-refractivity contribution in [2.24, 2.45) is 4.99 Å². The van der Waals surface area contributed by atoms with Crippen LogP contribution in [-0.4, -0.2) is 27.3 Å². The lowest BCUT2D eigenvalue weighted by molar-refractivity contribution is -0.137. The predicted molar refractivity (Wildman–Crippen MR) is 90.7 cm³/mol. The molecule has 24 heavy (non-hydrogen) atoms. The Balaban J connectivity index is 1.85. The van der Waals surface area contributed by atoms with Crippen LogP contribution in [0.25, 0.3) is 0 Å². The summed E-state index contributed by atoms with van der Waals surface area (Å²) >= 11 is 7.21. The van der Waals surface area contributed by atoms with E-state index in [0.29, 0.717) is 16.9 Å². The molecule has 0 aliphatic carbocycles. The fraction of sp³-hybridized carbons (Fsp3) is 0.250. The number of pyridine rings is 1. The Labute approximate surface area is 146 Å². The topological polar surface area (TPSA) is 28.5 Å². The van der Waals surface area contributed by atoms with Gasteiger partial charge in [0.25, 0.3) is 0 Å². The highest BCUT2D eigenvalue weighted by atomic mass is 35.5. The third-order valence-electron chi connectivity index (χ3n) is 3.45. The van der Waals surface area contributed by atoms with Gasteiger partial charge >= 0.3 is 6.18 Å². The van der Waals surface area contributed by atoms with Gasteiger partial charge in [0.15, 0.2) is 5.17 Å². The molecular weight excluding hydrogens is 359 g/mol. The summed E-state index contributed by atoms with van der Waals surface area (Å²) in [4.78, 5) is 10.2. The number of aliphatic imine (C=N–C) groups is 1. The Morgan fingerprint density at radius 2 is 2.00 bits per heavy atom. The number of aromatic nitrogens is 1. The van der Waals surface area contributed by atoms with E-state index in [4.69, 9.17) is 11.6 Å². The van der Waals surface area contributed by atoms with Crippen LogP contribution in [0.4, 0.5) is 18.9 Å². The van der Waals surface area contributed by atoms with Crippen LogP contribution in [0.3, 0.4) is 0 Å². The third-order valence-corrected chi connectivity index (χ3v) is 4.67. The maximum absolute atomic E-state index is 13.1. The van der Waals surface area contributed by atoms with E-state index in [1.54, 1.807) is 18.3 Å². The van der Waals surface area contributed by atoms with Gasteiger partial charge in [-0.2, -0.15) is 13.2 Å². The normalized spacial score (nSPS) is 16.8. The first-order chi connectivity index (χ1) is 11.4. The SMILES string of the molecule is FC(F)(F)c1ccccc1N=C1SCCN1Cc1ccc(Cl)nc1. The smallest absolute Gasteiger partial charge is 0.346 e. The zero-order valence-electron chi connectivity index (χ0n) is 12.4. The molecule has 0 radical (unpaired) electrons. The number of thioether (sulfide) groups is 1. The summed E-state index contributed by atoms with van der Waals surface area (Å²) < 4.78 is 39.3. The molecule has 1 aliphatic heterocycles. The van der Waals surface area contributed by atoms with Crippen LogP contribution >= 0.6 is 23.4 Å². The highest BCUT2D eigenvalue weighted by Gasteiger charge is 2.33. The van der Waals surface area contributed by atoms with Crippen LogP contribution in [0.1, 0.15) is 11.1 Å². The van der Waals surface area contributed by atoms with Gasteiger partial charge in [0, 0.05) is 25.0 Å². The van der Waals surface area contributed by atoms with Crippen LogP contribution in [0.5, 0.6) is 0 Å². The minimum absolute atomic E-state index is 0.0615. The first-order valence-corrected chi connectivity index (χ1v) is 8.53. The van der Waals surface area contributed by atoms with Crippen molar-refractivity contribution in [3.8, 4) is 0 Å². The summed E-state index contributed by atoms with van der Waals surface area (Å²) in [5.74, 6) is 0.786. The molecule has 0 amide bonds. The molecule has 0 bridgehead atoms. The van der Waals surface area contributed by atoms with Gasteiger partial charge in [-0.25, -0.2) is 9.98 Å². The summed E-state index contributed by atoms with van der Waals surface area (Å²) in [7, 11) is 0. The Morgan fingerprint density at radius 1 is 1.21 bits per heavy atom. The monoisotopic (exact) mass is 371 g/mol. The van der Waals surface area contributed by atoms with Crippen molar-refractivity contribution in [2.75, 3.05) is 12.3 Å².